The summed E-state index contributed by atoms with van der Waals surface area (Å²) < 4.78 is 17.3. The Morgan fingerprint density at radius 2 is 1.76 bits per heavy atom. The van der Waals surface area contributed by atoms with Gasteiger partial charge in [0, 0.05) is 12.2 Å². The second-order valence-corrected chi connectivity index (χ2v) is 8.47. The smallest absolute Gasteiger partial charge is 0.322 e. The van der Waals surface area contributed by atoms with Crippen LogP contribution in [0.5, 0.6) is 17.2 Å². The van der Waals surface area contributed by atoms with Crippen LogP contribution in [-0.4, -0.2) is 38.3 Å². The molecule has 4 rings (SSSR count). The number of hydrogen-bond donors (Lipinski definition) is 1. The summed E-state index contributed by atoms with van der Waals surface area (Å²) >= 11 is 0. The lowest BCUT2D eigenvalue weighted by molar-refractivity contribution is 0.144. The molecule has 3 aromatic carbocycles. The van der Waals surface area contributed by atoms with Gasteiger partial charge < -0.3 is 24.4 Å². The third kappa shape index (κ3) is 5.11. The van der Waals surface area contributed by atoms with Crippen molar-refractivity contribution in [3.05, 3.63) is 82.9 Å². The third-order valence-corrected chi connectivity index (χ3v) is 6.27. The van der Waals surface area contributed by atoms with E-state index in [2.05, 4.69) is 24.4 Å². The summed E-state index contributed by atoms with van der Waals surface area (Å²) in [5.74, 6) is 2.11. The van der Waals surface area contributed by atoms with E-state index >= 15 is 0 Å². The largest absolute Gasteiger partial charge is 0.493 e. The molecule has 0 saturated carbocycles. The van der Waals surface area contributed by atoms with Crippen molar-refractivity contribution in [2.24, 2.45) is 0 Å². The molecule has 1 N–H and O–H groups in total. The first-order chi connectivity index (χ1) is 16.5. The van der Waals surface area contributed by atoms with Crippen molar-refractivity contribution < 1.29 is 19.0 Å². The van der Waals surface area contributed by atoms with Crippen LogP contribution in [0.2, 0.25) is 0 Å². The molecule has 0 unspecified atom stereocenters. The zero-order valence-corrected chi connectivity index (χ0v) is 20.3. The first-order valence-corrected chi connectivity index (χ1v) is 11.6. The fourth-order valence-corrected chi connectivity index (χ4v) is 4.37. The Kier molecular flexibility index (Phi) is 7.26. The van der Waals surface area contributed by atoms with Crippen LogP contribution in [0.3, 0.4) is 0 Å². The minimum Gasteiger partial charge on any atom is -0.493 e. The quantitative estimate of drug-likeness (QED) is 0.485. The molecule has 2 amide bonds. The molecule has 1 aliphatic rings. The minimum absolute atomic E-state index is 0.152. The molecule has 34 heavy (non-hydrogen) atoms. The lowest BCUT2D eigenvalue weighted by Crippen LogP contribution is -2.44. The molecule has 1 heterocycles. The monoisotopic (exact) mass is 460 g/mol. The normalized spacial score (nSPS) is 14.8. The van der Waals surface area contributed by atoms with Crippen LogP contribution in [0.25, 0.3) is 0 Å². The molecule has 0 radical (unpaired) electrons. The minimum atomic E-state index is -0.279. The van der Waals surface area contributed by atoms with Gasteiger partial charge in [-0.05, 0) is 78.4 Å². The van der Waals surface area contributed by atoms with Gasteiger partial charge in [-0.1, -0.05) is 31.2 Å². The number of carbonyl (C=O) groups is 1. The van der Waals surface area contributed by atoms with Crippen LogP contribution < -0.4 is 19.5 Å². The van der Waals surface area contributed by atoms with Crippen LogP contribution in [0.15, 0.2) is 60.7 Å². The number of ether oxygens (including phenoxy) is 3. The van der Waals surface area contributed by atoms with Crippen molar-refractivity contribution in [2.45, 2.75) is 32.7 Å². The lowest BCUT2D eigenvalue weighted by atomic mass is 9.92. The summed E-state index contributed by atoms with van der Waals surface area (Å²) in [6, 6.07) is 19.5. The fraction of sp³-hybridized carbons (Fsp3) is 0.321. The van der Waals surface area contributed by atoms with E-state index in [0.29, 0.717) is 24.7 Å². The molecule has 0 aliphatic carbocycles. The predicted molar refractivity (Wildman–Crippen MR) is 134 cm³/mol. The number of anilines is 1. The topological polar surface area (TPSA) is 60.0 Å². The first kappa shape index (κ1) is 23.5. The number of benzene rings is 3. The Labute approximate surface area is 201 Å². The highest BCUT2D eigenvalue weighted by molar-refractivity contribution is 5.90. The summed E-state index contributed by atoms with van der Waals surface area (Å²) in [6.07, 6.45) is 1.70. The van der Waals surface area contributed by atoms with Crippen LogP contribution in [0.1, 0.15) is 35.2 Å². The van der Waals surface area contributed by atoms with E-state index in [9.17, 15) is 4.79 Å². The Morgan fingerprint density at radius 3 is 2.44 bits per heavy atom. The molecule has 6 nitrogen and oxygen atoms in total. The van der Waals surface area contributed by atoms with Gasteiger partial charge in [0.25, 0.3) is 0 Å². The maximum absolute atomic E-state index is 13.4. The van der Waals surface area contributed by atoms with Crippen LogP contribution in [0, 0.1) is 6.92 Å². The van der Waals surface area contributed by atoms with Gasteiger partial charge in [0.15, 0.2) is 11.5 Å². The van der Waals surface area contributed by atoms with Crippen molar-refractivity contribution in [2.75, 3.05) is 32.7 Å². The number of hydrogen-bond acceptors (Lipinski definition) is 4. The zero-order valence-electron chi connectivity index (χ0n) is 20.3. The van der Waals surface area contributed by atoms with Gasteiger partial charge in [-0.2, -0.15) is 0 Å². The molecule has 0 spiro atoms. The first-order valence-electron chi connectivity index (χ1n) is 11.6. The second kappa shape index (κ2) is 10.5. The molecule has 3 aromatic rings. The molecule has 0 aromatic heterocycles. The Balaban J connectivity index is 1.63. The van der Waals surface area contributed by atoms with Gasteiger partial charge in [0.05, 0.1) is 20.3 Å². The van der Waals surface area contributed by atoms with Crippen molar-refractivity contribution in [1.29, 1.82) is 0 Å². The van der Waals surface area contributed by atoms with E-state index in [1.165, 1.54) is 5.56 Å². The molecule has 6 heteroatoms. The van der Waals surface area contributed by atoms with Gasteiger partial charge in [-0.15, -0.1) is 0 Å². The predicted octanol–water partition coefficient (Wildman–Crippen LogP) is 5.78. The molecular weight excluding hydrogens is 428 g/mol. The number of rotatable bonds is 7. The van der Waals surface area contributed by atoms with E-state index in [1.807, 2.05) is 60.4 Å². The second-order valence-electron chi connectivity index (χ2n) is 8.47. The van der Waals surface area contributed by atoms with E-state index in [0.717, 1.165) is 41.0 Å². The van der Waals surface area contributed by atoms with Crippen molar-refractivity contribution in [3.8, 4) is 17.2 Å². The highest BCUT2D eigenvalue weighted by Gasteiger charge is 2.33. The standard InChI is InChI=1S/C28H32N2O4/c1-5-20-9-11-23(12-10-20)34-18-25-24-17-27(33-4)26(32-3)16-21(24)13-14-30(25)28(31)29-22-8-6-7-19(2)15-22/h6-12,15-17,25H,5,13-14,18H2,1-4H3,(H,29,31)/t25-/m1/s1. The zero-order chi connectivity index (χ0) is 24.1. The van der Waals surface area contributed by atoms with Crippen molar-refractivity contribution >= 4 is 11.7 Å². The van der Waals surface area contributed by atoms with E-state index < -0.39 is 0 Å². The highest BCUT2D eigenvalue weighted by Crippen LogP contribution is 2.38. The van der Waals surface area contributed by atoms with Crippen molar-refractivity contribution in [3.63, 3.8) is 0 Å². The van der Waals surface area contributed by atoms with Gasteiger partial charge in [0.2, 0.25) is 0 Å². The Bertz CT molecular complexity index is 1140. The molecule has 1 aliphatic heterocycles. The molecule has 0 fully saturated rings. The van der Waals surface area contributed by atoms with E-state index in [-0.39, 0.29) is 12.1 Å². The van der Waals surface area contributed by atoms with E-state index in [4.69, 9.17) is 14.2 Å². The van der Waals surface area contributed by atoms with Gasteiger partial charge in [-0.3, -0.25) is 0 Å². The van der Waals surface area contributed by atoms with E-state index in [1.54, 1.807) is 14.2 Å². The number of nitrogens with zero attached hydrogens (tertiary/aromatic N) is 1. The van der Waals surface area contributed by atoms with Gasteiger partial charge in [-0.25, -0.2) is 4.79 Å². The molecular formula is C28H32N2O4. The summed E-state index contributed by atoms with van der Waals surface area (Å²) in [4.78, 5) is 15.2. The number of amides is 2. The third-order valence-electron chi connectivity index (χ3n) is 6.27. The SMILES string of the molecule is CCc1ccc(OC[C@@H]2c3cc(OC)c(OC)cc3CCN2C(=O)Nc2cccc(C)c2)cc1. The average molecular weight is 461 g/mol. The molecule has 1 atom stereocenters. The highest BCUT2D eigenvalue weighted by atomic mass is 16.5. The number of aryl methyl sites for hydroxylation is 2. The molecule has 0 bridgehead atoms. The maximum Gasteiger partial charge on any atom is 0.322 e. The van der Waals surface area contributed by atoms with Crippen LogP contribution in [-0.2, 0) is 12.8 Å². The summed E-state index contributed by atoms with van der Waals surface area (Å²) in [5.41, 5.74) is 5.26. The Morgan fingerprint density at radius 1 is 1.03 bits per heavy atom. The summed E-state index contributed by atoms with van der Waals surface area (Å²) in [7, 11) is 3.26. The van der Waals surface area contributed by atoms with Gasteiger partial charge in [0.1, 0.15) is 12.4 Å². The number of carbonyl (C=O) groups excluding carboxylic acids is 1. The number of fused-ring (bicyclic) bond motifs is 1. The van der Waals surface area contributed by atoms with Crippen LogP contribution in [0.4, 0.5) is 10.5 Å². The Hall–Kier alpha value is -3.67. The maximum atomic E-state index is 13.4. The number of nitrogens with one attached hydrogen (secondary N) is 1. The van der Waals surface area contributed by atoms with Crippen molar-refractivity contribution in [1.82, 2.24) is 4.90 Å². The number of urea groups is 1. The fourth-order valence-electron chi connectivity index (χ4n) is 4.37. The van der Waals surface area contributed by atoms with Crippen LogP contribution >= 0.6 is 0 Å². The van der Waals surface area contributed by atoms with Gasteiger partial charge >= 0.3 is 6.03 Å². The number of methoxy groups -OCH3 is 2. The average Bonchev–Trinajstić information content (AvgIpc) is 2.86. The lowest BCUT2D eigenvalue weighted by Gasteiger charge is -2.37. The summed E-state index contributed by atoms with van der Waals surface area (Å²) in [6.45, 7) is 5.03. The molecule has 0 saturated heterocycles. The molecule has 178 valence electrons. The summed E-state index contributed by atoms with van der Waals surface area (Å²) in [5, 5.41) is 3.05.